The topological polar surface area (TPSA) is 58.2 Å². The van der Waals surface area contributed by atoms with E-state index in [4.69, 9.17) is 0 Å². The number of hydrogen-bond acceptors (Lipinski definition) is 2. The largest absolute Gasteiger partial charge is 0.354 e. The molecule has 1 aliphatic rings. The molecule has 0 aliphatic heterocycles. The van der Waals surface area contributed by atoms with Crippen molar-refractivity contribution in [2.45, 2.75) is 79.3 Å². The van der Waals surface area contributed by atoms with Gasteiger partial charge in [-0.1, -0.05) is 27.7 Å². The molecule has 1 fully saturated rings. The molecule has 1 rings (SSSR count). The molecule has 122 valence electrons. The molecule has 0 aromatic heterocycles. The van der Waals surface area contributed by atoms with Crippen LogP contribution < -0.4 is 10.6 Å². The number of rotatable bonds is 7. The van der Waals surface area contributed by atoms with Crippen LogP contribution >= 0.6 is 0 Å². The first-order valence-corrected chi connectivity index (χ1v) is 8.32. The molecule has 0 unspecified atom stereocenters. The van der Waals surface area contributed by atoms with Crippen LogP contribution in [0, 0.1) is 17.3 Å². The Morgan fingerprint density at radius 2 is 1.62 bits per heavy atom. The molecule has 0 heterocycles. The Labute approximate surface area is 129 Å². The summed E-state index contributed by atoms with van der Waals surface area (Å²) in [5.74, 6) is 0.596. The summed E-state index contributed by atoms with van der Waals surface area (Å²) in [6, 6.07) is 0.450. The fourth-order valence-electron chi connectivity index (χ4n) is 2.91. The maximum Gasteiger partial charge on any atom is 0.223 e. The first-order valence-electron chi connectivity index (χ1n) is 8.32. The molecule has 0 spiro atoms. The highest BCUT2D eigenvalue weighted by Gasteiger charge is 2.52. The minimum absolute atomic E-state index is 0.0351. The Kier molecular flexibility index (Phi) is 6.24. The van der Waals surface area contributed by atoms with E-state index in [2.05, 4.69) is 38.3 Å². The van der Waals surface area contributed by atoms with Crippen LogP contribution in [-0.4, -0.2) is 23.9 Å². The lowest BCUT2D eigenvalue weighted by atomic mass is 9.53. The molecule has 1 aliphatic carbocycles. The molecular weight excluding hydrogens is 264 g/mol. The van der Waals surface area contributed by atoms with Crippen molar-refractivity contribution < 1.29 is 9.59 Å². The van der Waals surface area contributed by atoms with Crippen molar-refractivity contribution in [2.75, 3.05) is 0 Å². The Morgan fingerprint density at radius 1 is 1.10 bits per heavy atom. The van der Waals surface area contributed by atoms with Crippen molar-refractivity contribution in [3.8, 4) is 0 Å². The van der Waals surface area contributed by atoms with Gasteiger partial charge >= 0.3 is 0 Å². The van der Waals surface area contributed by atoms with Gasteiger partial charge in [-0.2, -0.15) is 0 Å². The molecule has 4 heteroatoms. The minimum atomic E-state index is -0.0929. The second-order valence-corrected chi connectivity index (χ2v) is 7.21. The van der Waals surface area contributed by atoms with Crippen LogP contribution in [-0.2, 0) is 9.59 Å². The Morgan fingerprint density at radius 3 is 2.10 bits per heavy atom. The van der Waals surface area contributed by atoms with E-state index >= 15 is 0 Å². The average Bonchev–Trinajstić information content (AvgIpc) is 2.42. The zero-order valence-electron chi connectivity index (χ0n) is 14.5. The smallest absolute Gasteiger partial charge is 0.223 e. The van der Waals surface area contributed by atoms with Crippen LogP contribution in [0.25, 0.3) is 0 Å². The summed E-state index contributed by atoms with van der Waals surface area (Å²) >= 11 is 0. The molecule has 4 nitrogen and oxygen atoms in total. The highest BCUT2D eigenvalue weighted by molar-refractivity contribution is 5.82. The van der Waals surface area contributed by atoms with Gasteiger partial charge in [0.2, 0.25) is 11.8 Å². The number of carbonyl (C=O) groups excluding carboxylic acids is 2. The third-order valence-corrected chi connectivity index (χ3v) is 5.24. The van der Waals surface area contributed by atoms with Gasteiger partial charge in [0.1, 0.15) is 0 Å². The van der Waals surface area contributed by atoms with Crippen molar-refractivity contribution in [3.63, 3.8) is 0 Å². The second kappa shape index (κ2) is 7.28. The second-order valence-electron chi connectivity index (χ2n) is 7.21. The molecule has 0 aromatic carbocycles. The van der Waals surface area contributed by atoms with Gasteiger partial charge in [0.25, 0.3) is 0 Å². The maximum atomic E-state index is 12.3. The highest BCUT2D eigenvalue weighted by Crippen LogP contribution is 2.52. The van der Waals surface area contributed by atoms with Crippen LogP contribution in [0.3, 0.4) is 0 Å². The van der Waals surface area contributed by atoms with E-state index in [1.54, 1.807) is 0 Å². The quantitative estimate of drug-likeness (QED) is 0.759. The van der Waals surface area contributed by atoms with E-state index in [0.29, 0.717) is 12.3 Å². The molecule has 0 bridgehead atoms. The van der Waals surface area contributed by atoms with Gasteiger partial charge in [0, 0.05) is 24.4 Å². The summed E-state index contributed by atoms with van der Waals surface area (Å²) in [6.45, 7) is 12.4. The predicted molar refractivity (Wildman–Crippen MR) is 85.8 cm³/mol. The molecule has 0 radical (unpaired) electrons. The van der Waals surface area contributed by atoms with E-state index in [-0.39, 0.29) is 35.2 Å². The van der Waals surface area contributed by atoms with Gasteiger partial charge in [0.05, 0.1) is 0 Å². The molecule has 2 N–H and O–H groups in total. The first kappa shape index (κ1) is 18.0. The SMILES string of the molecule is CC[C@@H](C)NC(=O)[C@H]1C[C@@H](CC(=O)N[C@@H](C)CC)C1(C)C. The van der Waals surface area contributed by atoms with Crippen LogP contribution in [0.2, 0.25) is 0 Å². The fourth-order valence-corrected chi connectivity index (χ4v) is 2.91. The Hall–Kier alpha value is -1.06. The normalized spacial score (nSPS) is 26.4. The average molecular weight is 296 g/mol. The Bertz CT molecular complexity index is 379. The zero-order chi connectivity index (χ0) is 16.2. The monoisotopic (exact) mass is 296 g/mol. The van der Waals surface area contributed by atoms with Crippen molar-refractivity contribution in [1.82, 2.24) is 10.6 Å². The van der Waals surface area contributed by atoms with Crippen molar-refractivity contribution in [3.05, 3.63) is 0 Å². The third-order valence-electron chi connectivity index (χ3n) is 5.24. The first-order chi connectivity index (χ1) is 9.72. The minimum Gasteiger partial charge on any atom is -0.354 e. The standard InChI is InChI=1S/C17H32N2O2/c1-7-11(3)18-15(20)10-13-9-14(17(13,5)6)16(21)19-12(4)8-2/h11-14H,7-10H2,1-6H3,(H,18,20)(H,19,21)/t11-,12+,13-,14+/m0/s1. The van der Waals surface area contributed by atoms with Gasteiger partial charge in [-0.25, -0.2) is 0 Å². The summed E-state index contributed by atoms with van der Waals surface area (Å²) in [6.07, 6.45) is 3.24. The van der Waals surface area contributed by atoms with E-state index in [1.165, 1.54) is 0 Å². The maximum absolute atomic E-state index is 12.3. The van der Waals surface area contributed by atoms with Crippen LogP contribution in [0.1, 0.15) is 67.2 Å². The lowest BCUT2D eigenvalue weighted by Crippen LogP contribution is -2.54. The molecule has 2 amide bonds. The predicted octanol–water partition coefficient (Wildman–Crippen LogP) is 2.87. The molecule has 21 heavy (non-hydrogen) atoms. The number of amides is 2. The third kappa shape index (κ3) is 4.45. The molecule has 1 saturated carbocycles. The van der Waals surface area contributed by atoms with Crippen LogP contribution in [0.4, 0.5) is 0 Å². The summed E-state index contributed by atoms with van der Waals surface area (Å²) in [5, 5.41) is 6.08. The molecular formula is C17H32N2O2. The van der Waals surface area contributed by atoms with E-state index < -0.39 is 0 Å². The zero-order valence-corrected chi connectivity index (χ0v) is 14.5. The molecule has 4 atom stereocenters. The summed E-state index contributed by atoms with van der Waals surface area (Å²) in [5.41, 5.74) is -0.0929. The number of carbonyl (C=O) groups is 2. The lowest BCUT2D eigenvalue weighted by Gasteiger charge is -2.51. The summed E-state index contributed by atoms with van der Waals surface area (Å²) in [7, 11) is 0. The van der Waals surface area contributed by atoms with Crippen molar-refractivity contribution in [1.29, 1.82) is 0 Å². The fraction of sp³-hybridized carbons (Fsp3) is 0.882. The van der Waals surface area contributed by atoms with Crippen molar-refractivity contribution in [2.24, 2.45) is 17.3 Å². The van der Waals surface area contributed by atoms with Gasteiger partial charge < -0.3 is 10.6 Å². The van der Waals surface area contributed by atoms with E-state index in [1.807, 2.05) is 13.8 Å². The Balaban J connectivity index is 2.49. The lowest BCUT2D eigenvalue weighted by molar-refractivity contribution is -0.145. The van der Waals surface area contributed by atoms with Gasteiger partial charge in [-0.3, -0.25) is 9.59 Å². The molecule has 0 aromatic rings. The van der Waals surface area contributed by atoms with E-state index in [0.717, 1.165) is 19.3 Å². The van der Waals surface area contributed by atoms with Crippen LogP contribution in [0.15, 0.2) is 0 Å². The van der Waals surface area contributed by atoms with Crippen molar-refractivity contribution >= 4 is 11.8 Å². The summed E-state index contributed by atoms with van der Waals surface area (Å²) < 4.78 is 0. The summed E-state index contributed by atoms with van der Waals surface area (Å²) in [4.78, 5) is 24.2. The number of nitrogens with one attached hydrogen (secondary N) is 2. The van der Waals surface area contributed by atoms with Gasteiger partial charge in [-0.05, 0) is 44.4 Å². The highest BCUT2D eigenvalue weighted by atomic mass is 16.2. The van der Waals surface area contributed by atoms with Gasteiger partial charge in [0.15, 0.2) is 0 Å². The van der Waals surface area contributed by atoms with Gasteiger partial charge in [-0.15, -0.1) is 0 Å². The van der Waals surface area contributed by atoms with Crippen LogP contribution in [0.5, 0.6) is 0 Å². The molecule has 0 saturated heterocycles. The van der Waals surface area contributed by atoms with E-state index in [9.17, 15) is 9.59 Å². The number of hydrogen-bond donors (Lipinski definition) is 2.